The maximum absolute atomic E-state index is 13.0. The van der Waals surface area contributed by atoms with Crippen LogP contribution in [0.3, 0.4) is 0 Å². The van der Waals surface area contributed by atoms with Crippen LogP contribution in [-0.2, 0) is 11.3 Å². The summed E-state index contributed by atoms with van der Waals surface area (Å²) in [6.45, 7) is 2.12. The van der Waals surface area contributed by atoms with Crippen molar-refractivity contribution in [2.45, 2.75) is 44.5 Å². The van der Waals surface area contributed by atoms with E-state index in [9.17, 15) is 18.0 Å². The molecule has 1 saturated heterocycles. The Hall–Kier alpha value is -2.36. The summed E-state index contributed by atoms with van der Waals surface area (Å²) in [5.41, 5.74) is 2.80. The van der Waals surface area contributed by atoms with E-state index in [0.29, 0.717) is 30.2 Å². The number of carbonyl (C=O) groups excluding carboxylic acids is 1. The van der Waals surface area contributed by atoms with Crippen LogP contribution in [0.5, 0.6) is 0 Å². The predicted molar refractivity (Wildman–Crippen MR) is 116 cm³/mol. The Kier molecular flexibility index (Phi) is 5.51. The fourth-order valence-corrected chi connectivity index (χ4v) is 5.11. The van der Waals surface area contributed by atoms with Gasteiger partial charge in [0.15, 0.2) is 11.9 Å². The number of pyridine rings is 1. The van der Waals surface area contributed by atoms with Gasteiger partial charge in [-0.15, -0.1) is 11.3 Å². The summed E-state index contributed by atoms with van der Waals surface area (Å²) in [7, 11) is 0. The number of halogens is 3. The molecule has 0 bridgehead atoms. The summed E-state index contributed by atoms with van der Waals surface area (Å²) in [5, 5.41) is 2.03. The minimum absolute atomic E-state index is 0.0450. The molecule has 0 radical (unpaired) electrons. The molecule has 2 aliphatic rings. The summed E-state index contributed by atoms with van der Waals surface area (Å²) < 4.78 is 44.0. The molecule has 1 aromatic carbocycles. The number of nitrogens with zero attached hydrogens (tertiary/aromatic N) is 3. The number of thiazole rings is 1. The molecule has 2 aromatic heterocycles. The molecule has 0 spiro atoms. The van der Waals surface area contributed by atoms with Crippen LogP contribution in [-0.4, -0.2) is 52.6 Å². The van der Waals surface area contributed by atoms with Crippen molar-refractivity contribution in [1.29, 1.82) is 0 Å². The molecule has 168 valence electrons. The summed E-state index contributed by atoms with van der Waals surface area (Å²) in [6, 6.07) is 7.54. The maximum atomic E-state index is 13.0. The first-order valence-electron chi connectivity index (χ1n) is 10.6. The first-order chi connectivity index (χ1) is 15.3. The van der Waals surface area contributed by atoms with Crippen molar-refractivity contribution in [2.24, 2.45) is 0 Å². The van der Waals surface area contributed by atoms with Gasteiger partial charge in [0, 0.05) is 49.6 Å². The van der Waals surface area contributed by atoms with Gasteiger partial charge in [0.1, 0.15) is 5.69 Å². The van der Waals surface area contributed by atoms with Gasteiger partial charge in [-0.05, 0) is 30.5 Å². The molecule has 1 unspecified atom stereocenters. The average Bonchev–Trinajstić information content (AvgIpc) is 3.49. The van der Waals surface area contributed by atoms with Gasteiger partial charge >= 0.3 is 6.18 Å². The number of morpholine rings is 1. The van der Waals surface area contributed by atoms with Gasteiger partial charge in [0.05, 0.1) is 22.0 Å². The molecule has 0 amide bonds. The zero-order valence-corrected chi connectivity index (χ0v) is 18.3. The molecule has 5 rings (SSSR count). The van der Waals surface area contributed by atoms with Crippen molar-refractivity contribution in [3.05, 3.63) is 46.7 Å². The predicted octanol–water partition coefficient (Wildman–Crippen LogP) is 5.20. The molecular weight excluding hydrogens is 439 g/mol. The van der Waals surface area contributed by atoms with Crippen LogP contribution in [0, 0.1) is 0 Å². The van der Waals surface area contributed by atoms with Crippen molar-refractivity contribution >= 4 is 28.0 Å². The Morgan fingerprint density at radius 3 is 2.81 bits per heavy atom. The van der Waals surface area contributed by atoms with Gasteiger partial charge in [-0.1, -0.05) is 12.1 Å². The van der Waals surface area contributed by atoms with Crippen LogP contribution in [0.4, 0.5) is 13.2 Å². The highest BCUT2D eigenvalue weighted by molar-refractivity contribution is 7.15. The number of ketones is 1. The van der Waals surface area contributed by atoms with E-state index in [-0.39, 0.29) is 18.9 Å². The highest BCUT2D eigenvalue weighted by Crippen LogP contribution is 2.44. The Morgan fingerprint density at radius 1 is 1.28 bits per heavy atom. The fraction of sp³-hybridized carbons (Fsp3) is 0.435. The number of fused-ring (bicyclic) bond motifs is 1. The van der Waals surface area contributed by atoms with E-state index in [2.05, 4.69) is 9.97 Å². The Labute approximate surface area is 187 Å². The van der Waals surface area contributed by atoms with Gasteiger partial charge in [-0.25, -0.2) is 9.97 Å². The molecule has 5 nitrogen and oxygen atoms in total. The van der Waals surface area contributed by atoms with Crippen molar-refractivity contribution in [2.75, 3.05) is 19.7 Å². The number of alkyl halides is 3. The van der Waals surface area contributed by atoms with E-state index in [1.165, 1.54) is 19.8 Å². The van der Waals surface area contributed by atoms with E-state index >= 15 is 0 Å². The molecule has 1 saturated carbocycles. The SMILES string of the molecule is CC(=O)c1cc(-c2cnc(C3CC3)s2)c2ccc(CN3CCOC(C(F)(F)F)C3)cc2n1. The van der Waals surface area contributed by atoms with Crippen molar-refractivity contribution in [3.8, 4) is 10.4 Å². The summed E-state index contributed by atoms with van der Waals surface area (Å²) in [5.74, 6) is 0.418. The first kappa shape index (κ1) is 21.5. The second-order valence-electron chi connectivity index (χ2n) is 8.44. The normalized spacial score (nSPS) is 20.1. The number of ether oxygens (including phenoxy) is 1. The van der Waals surface area contributed by atoms with E-state index in [1.54, 1.807) is 16.2 Å². The Balaban J connectivity index is 1.47. The van der Waals surface area contributed by atoms with E-state index in [1.807, 2.05) is 30.5 Å². The molecule has 3 aromatic rings. The summed E-state index contributed by atoms with van der Waals surface area (Å²) >= 11 is 1.65. The number of carbonyl (C=O) groups is 1. The number of Topliss-reactive ketones (excluding diaryl/α,β-unsaturated/α-hetero) is 1. The lowest BCUT2D eigenvalue weighted by molar-refractivity contribution is -0.237. The van der Waals surface area contributed by atoms with Crippen LogP contribution in [0.15, 0.2) is 30.5 Å². The molecule has 32 heavy (non-hydrogen) atoms. The van der Waals surface area contributed by atoms with Crippen molar-refractivity contribution in [3.63, 3.8) is 0 Å². The molecular formula is C23H22F3N3O2S. The summed E-state index contributed by atoms with van der Waals surface area (Å²) in [4.78, 5) is 24.0. The smallest absolute Gasteiger partial charge is 0.366 e. The van der Waals surface area contributed by atoms with E-state index in [4.69, 9.17) is 4.74 Å². The van der Waals surface area contributed by atoms with Crippen molar-refractivity contribution in [1.82, 2.24) is 14.9 Å². The maximum Gasteiger partial charge on any atom is 0.415 e. The molecule has 1 atom stereocenters. The van der Waals surface area contributed by atoms with Crippen LogP contribution in [0.25, 0.3) is 21.3 Å². The highest BCUT2D eigenvalue weighted by atomic mass is 32.1. The molecule has 9 heteroatoms. The highest BCUT2D eigenvalue weighted by Gasteiger charge is 2.43. The molecule has 1 aliphatic heterocycles. The van der Waals surface area contributed by atoms with Gasteiger partial charge in [-0.3, -0.25) is 9.69 Å². The zero-order chi connectivity index (χ0) is 22.5. The van der Waals surface area contributed by atoms with Crippen LogP contribution >= 0.6 is 11.3 Å². The monoisotopic (exact) mass is 461 g/mol. The molecule has 2 fully saturated rings. The number of hydrogen-bond donors (Lipinski definition) is 0. The third-order valence-electron chi connectivity index (χ3n) is 5.87. The zero-order valence-electron chi connectivity index (χ0n) is 17.5. The van der Waals surface area contributed by atoms with Gasteiger partial charge in [0.25, 0.3) is 0 Å². The van der Waals surface area contributed by atoms with Crippen LogP contribution < -0.4 is 0 Å². The minimum Gasteiger partial charge on any atom is -0.366 e. The van der Waals surface area contributed by atoms with E-state index in [0.717, 1.165) is 26.4 Å². The lowest BCUT2D eigenvalue weighted by atomic mass is 10.0. The van der Waals surface area contributed by atoms with Crippen LogP contribution in [0.1, 0.15) is 46.7 Å². The van der Waals surface area contributed by atoms with Crippen molar-refractivity contribution < 1.29 is 22.7 Å². The molecule has 1 aliphatic carbocycles. The standard InChI is InChI=1S/C23H22F3N3O2S/c1-13(30)18-9-17(20-10-27-22(32-20)15-3-4-15)16-5-2-14(8-19(16)28-18)11-29-6-7-31-21(12-29)23(24,25)26/h2,5,8-10,15,21H,3-4,6-7,11-12H2,1H3. The Morgan fingerprint density at radius 2 is 2.09 bits per heavy atom. The molecule has 0 N–H and O–H groups in total. The third-order valence-corrected chi connectivity index (χ3v) is 7.07. The van der Waals surface area contributed by atoms with Gasteiger partial charge < -0.3 is 4.74 Å². The van der Waals surface area contributed by atoms with Gasteiger partial charge in [0.2, 0.25) is 0 Å². The minimum atomic E-state index is -4.37. The van der Waals surface area contributed by atoms with E-state index < -0.39 is 12.3 Å². The average molecular weight is 462 g/mol. The number of rotatable bonds is 5. The Bertz CT molecular complexity index is 1170. The topological polar surface area (TPSA) is 55.3 Å². The fourth-order valence-electron chi connectivity index (χ4n) is 3.99. The third kappa shape index (κ3) is 4.42. The second-order valence-corrected chi connectivity index (χ2v) is 9.50. The summed E-state index contributed by atoms with van der Waals surface area (Å²) in [6.07, 6.45) is -1.94. The van der Waals surface area contributed by atoms with Gasteiger partial charge in [-0.2, -0.15) is 13.2 Å². The lowest BCUT2D eigenvalue weighted by Gasteiger charge is -2.33. The number of benzene rings is 1. The second kappa shape index (κ2) is 8.20. The van der Waals surface area contributed by atoms with Crippen LogP contribution in [0.2, 0.25) is 0 Å². The number of aromatic nitrogens is 2. The quantitative estimate of drug-likeness (QED) is 0.489. The molecule has 3 heterocycles. The number of hydrogen-bond acceptors (Lipinski definition) is 6. The largest absolute Gasteiger partial charge is 0.415 e. The lowest BCUT2D eigenvalue weighted by Crippen LogP contribution is -2.48. The first-order valence-corrected chi connectivity index (χ1v) is 11.4.